The van der Waals surface area contributed by atoms with Crippen LogP contribution in [0.5, 0.6) is 0 Å². The smallest absolute Gasteiger partial charge is 0.303 e. The third-order valence-electron chi connectivity index (χ3n) is 0.587. The summed E-state index contributed by atoms with van der Waals surface area (Å²) in [7, 11) is 0. The standard InChI is InChI=1S/C5H9BrO2/c6-4-2-1-3-5(7)8/h1-4H2,(H,7,8)/i3D2. The largest absolute Gasteiger partial charge is 0.481 e. The minimum atomic E-state index is -2.06. The zero-order chi connectivity index (χ0) is 8.20. The second kappa shape index (κ2) is 5.09. The lowest BCUT2D eigenvalue weighted by Gasteiger charge is -1.88. The number of carboxylic acid groups (broad SMARTS) is 1. The molecular formula is C5H9BrO2. The van der Waals surface area contributed by atoms with Crippen molar-refractivity contribution in [3.05, 3.63) is 0 Å². The Hall–Kier alpha value is -0.0500. The fourth-order valence-corrected chi connectivity index (χ4v) is 0.543. The molecule has 0 saturated heterocycles. The lowest BCUT2D eigenvalue weighted by molar-refractivity contribution is -0.137. The second-order valence-corrected chi connectivity index (χ2v) is 2.07. The molecule has 48 valence electrons. The van der Waals surface area contributed by atoms with Crippen molar-refractivity contribution in [3.63, 3.8) is 0 Å². The molecule has 1 N–H and O–H groups in total. The maximum Gasteiger partial charge on any atom is 0.303 e. The SMILES string of the molecule is [2H]C([2H])(CCCBr)C(=O)O. The van der Waals surface area contributed by atoms with Gasteiger partial charge in [0.05, 0.1) is 0 Å². The van der Waals surface area contributed by atoms with Crippen molar-refractivity contribution in [1.82, 2.24) is 0 Å². The van der Waals surface area contributed by atoms with E-state index in [0.29, 0.717) is 11.8 Å². The molecule has 0 aliphatic carbocycles. The quantitative estimate of drug-likeness (QED) is 0.672. The van der Waals surface area contributed by atoms with E-state index in [9.17, 15) is 4.79 Å². The normalized spacial score (nSPS) is 14.6. The predicted molar refractivity (Wildman–Crippen MR) is 35.3 cm³/mol. The highest BCUT2D eigenvalue weighted by molar-refractivity contribution is 9.09. The van der Waals surface area contributed by atoms with Crippen LogP contribution in [-0.2, 0) is 4.79 Å². The Morgan fingerprint density at radius 1 is 1.75 bits per heavy atom. The van der Waals surface area contributed by atoms with Gasteiger partial charge in [0, 0.05) is 14.4 Å². The summed E-state index contributed by atoms with van der Waals surface area (Å²) in [6, 6.07) is 0. The van der Waals surface area contributed by atoms with E-state index in [-0.39, 0.29) is 6.42 Å². The van der Waals surface area contributed by atoms with E-state index >= 15 is 0 Å². The molecule has 0 aromatic rings. The average molecular weight is 183 g/mol. The van der Waals surface area contributed by atoms with Crippen LogP contribution in [0.25, 0.3) is 0 Å². The molecule has 0 amide bonds. The zero-order valence-corrected chi connectivity index (χ0v) is 5.94. The van der Waals surface area contributed by atoms with E-state index in [1.54, 1.807) is 0 Å². The Labute approximate surface area is 59.8 Å². The average Bonchev–Trinajstić information content (AvgIpc) is 1.84. The lowest BCUT2D eigenvalue weighted by atomic mass is 10.3. The number of carbonyl (C=O) groups is 1. The van der Waals surface area contributed by atoms with E-state index in [4.69, 9.17) is 7.85 Å². The summed E-state index contributed by atoms with van der Waals surface area (Å²) in [5, 5.41) is 8.92. The molecule has 0 spiro atoms. The summed E-state index contributed by atoms with van der Waals surface area (Å²) >= 11 is 3.09. The molecule has 0 bridgehead atoms. The number of hydrogen-bond donors (Lipinski definition) is 1. The van der Waals surface area contributed by atoms with Gasteiger partial charge in [0.1, 0.15) is 0 Å². The molecule has 0 aromatic heterocycles. The molecule has 0 radical (unpaired) electrons. The predicted octanol–water partition coefficient (Wildman–Crippen LogP) is 1.64. The van der Waals surface area contributed by atoms with Gasteiger partial charge in [-0.1, -0.05) is 15.9 Å². The molecule has 3 heteroatoms. The van der Waals surface area contributed by atoms with Crippen LogP contribution in [0.4, 0.5) is 0 Å². The first-order valence-corrected chi connectivity index (χ1v) is 3.42. The van der Waals surface area contributed by atoms with Gasteiger partial charge in [0.25, 0.3) is 0 Å². The van der Waals surface area contributed by atoms with Crippen molar-refractivity contribution in [2.24, 2.45) is 0 Å². The molecule has 0 rings (SSSR count). The van der Waals surface area contributed by atoms with Crippen molar-refractivity contribution in [1.29, 1.82) is 0 Å². The molecular weight excluding hydrogens is 172 g/mol. The highest BCUT2D eigenvalue weighted by Crippen LogP contribution is 1.97. The maximum atomic E-state index is 10.1. The summed E-state index contributed by atoms with van der Waals surface area (Å²) in [6.07, 6.45) is -1.46. The van der Waals surface area contributed by atoms with Crippen molar-refractivity contribution in [2.75, 3.05) is 5.33 Å². The third kappa shape index (κ3) is 5.95. The summed E-state index contributed by atoms with van der Waals surface area (Å²) in [6.45, 7) is 0. The first kappa shape index (κ1) is 4.79. The Bertz CT molecular complexity index is 127. The van der Waals surface area contributed by atoms with Gasteiger partial charge >= 0.3 is 5.97 Å². The van der Waals surface area contributed by atoms with E-state index in [2.05, 4.69) is 15.9 Å². The van der Waals surface area contributed by atoms with E-state index in [0.717, 1.165) is 0 Å². The van der Waals surface area contributed by atoms with Crippen LogP contribution in [0.1, 0.15) is 22.0 Å². The topological polar surface area (TPSA) is 37.3 Å². The molecule has 0 aromatic carbocycles. The fourth-order valence-electron chi connectivity index (χ4n) is 0.262. The zero-order valence-electron chi connectivity index (χ0n) is 6.35. The monoisotopic (exact) mass is 182 g/mol. The number of hydrogen-bond acceptors (Lipinski definition) is 1. The first-order chi connectivity index (χ1) is 4.50. The van der Waals surface area contributed by atoms with Crippen LogP contribution < -0.4 is 0 Å². The lowest BCUT2D eigenvalue weighted by Crippen LogP contribution is -1.93. The molecule has 8 heavy (non-hydrogen) atoms. The van der Waals surface area contributed by atoms with Gasteiger partial charge < -0.3 is 5.11 Å². The summed E-state index contributed by atoms with van der Waals surface area (Å²) in [5.74, 6) is -1.38. The highest BCUT2D eigenvalue weighted by Gasteiger charge is 1.93. The van der Waals surface area contributed by atoms with Crippen LogP contribution in [0.2, 0.25) is 0 Å². The Balaban J connectivity index is 3.75. The molecule has 0 aliphatic rings. The van der Waals surface area contributed by atoms with Gasteiger partial charge in [-0.25, -0.2) is 0 Å². The number of halogens is 1. The third-order valence-corrected chi connectivity index (χ3v) is 1.15. The minimum Gasteiger partial charge on any atom is -0.481 e. The van der Waals surface area contributed by atoms with Crippen LogP contribution in [0.15, 0.2) is 0 Å². The fraction of sp³-hybridized carbons (Fsp3) is 0.800. The van der Waals surface area contributed by atoms with Crippen molar-refractivity contribution in [2.45, 2.75) is 19.2 Å². The summed E-state index contributed by atoms with van der Waals surface area (Å²) in [4.78, 5) is 10.1. The van der Waals surface area contributed by atoms with Gasteiger partial charge in [0.2, 0.25) is 0 Å². The maximum absolute atomic E-state index is 10.1. The minimum absolute atomic E-state index is 0.0631. The van der Waals surface area contributed by atoms with E-state index in [1.807, 2.05) is 0 Å². The summed E-state index contributed by atoms with van der Waals surface area (Å²) in [5.41, 5.74) is 0. The Morgan fingerprint density at radius 3 is 2.75 bits per heavy atom. The number of carboxylic acids is 1. The highest BCUT2D eigenvalue weighted by atomic mass is 79.9. The molecule has 2 nitrogen and oxygen atoms in total. The molecule has 0 heterocycles. The Kier molecular flexibility index (Phi) is 3.05. The van der Waals surface area contributed by atoms with Crippen molar-refractivity contribution in [3.8, 4) is 0 Å². The van der Waals surface area contributed by atoms with Crippen molar-refractivity contribution < 1.29 is 12.6 Å². The van der Waals surface area contributed by atoms with Gasteiger partial charge in [-0.3, -0.25) is 4.79 Å². The van der Waals surface area contributed by atoms with E-state index in [1.165, 1.54) is 0 Å². The first-order valence-electron chi connectivity index (χ1n) is 3.30. The van der Waals surface area contributed by atoms with Gasteiger partial charge in [-0.2, -0.15) is 0 Å². The summed E-state index contributed by atoms with van der Waals surface area (Å²) < 4.78 is 13.9. The second-order valence-electron chi connectivity index (χ2n) is 1.27. The molecule has 0 unspecified atom stereocenters. The molecule has 0 aliphatic heterocycles. The van der Waals surface area contributed by atoms with Crippen LogP contribution in [0.3, 0.4) is 0 Å². The molecule has 0 saturated carbocycles. The van der Waals surface area contributed by atoms with Crippen LogP contribution in [-0.4, -0.2) is 16.4 Å². The van der Waals surface area contributed by atoms with Gasteiger partial charge in [-0.05, 0) is 12.8 Å². The number of alkyl halides is 1. The van der Waals surface area contributed by atoms with Gasteiger partial charge in [0.15, 0.2) is 0 Å². The van der Waals surface area contributed by atoms with Gasteiger partial charge in [-0.15, -0.1) is 0 Å². The number of rotatable bonds is 4. The van der Waals surface area contributed by atoms with Crippen LogP contribution in [0, 0.1) is 0 Å². The van der Waals surface area contributed by atoms with Crippen LogP contribution >= 0.6 is 15.9 Å². The molecule has 0 atom stereocenters. The Morgan fingerprint density at radius 2 is 2.38 bits per heavy atom. The van der Waals surface area contributed by atoms with E-state index < -0.39 is 12.3 Å². The molecule has 0 fully saturated rings. The van der Waals surface area contributed by atoms with Crippen molar-refractivity contribution >= 4 is 21.9 Å². The number of aliphatic carboxylic acids is 1.